The van der Waals surface area contributed by atoms with E-state index in [0.29, 0.717) is 5.15 Å². The van der Waals surface area contributed by atoms with Gasteiger partial charge in [0.1, 0.15) is 10.8 Å². The average Bonchev–Trinajstić information content (AvgIpc) is 2.90. The second kappa shape index (κ2) is 5.26. The Hall–Kier alpha value is -2.11. The van der Waals surface area contributed by atoms with Crippen LogP contribution >= 0.6 is 23.4 Å². The van der Waals surface area contributed by atoms with Gasteiger partial charge in [0.2, 0.25) is 0 Å². The monoisotopic (exact) mass is 326 g/mol. The molecule has 0 N–H and O–H groups in total. The maximum Gasteiger partial charge on any atom is 0.173 e. The van der Waals surface area contributed by atoms with Crippen LogP contribution < -0.4 is 0 Å². The second-order valence-electron chi connectivity index (χ2n) is 4.74. The summed E-state index contributed by atoms with van der Waals surface area (Å²) in [5.74, 6) is 0. The van der Waals surface area contributed by atoms with Crippen LogP contribution in [0.5, 0.6) is 0 Å². The fourth-order valence-corrected chi connectivity index (χ4v) is 3.46. The highest BCUT2D eigenvalue weighted by Crippen LogP contribution is 2.38. The van der Waals surface area contributed by atoms with Crippen molar-refractivity contribution in [3.63, 3.8) is 0 Å². The first kappa shape index (κ1) is 13.5. The van der Waals surface area contributed by atoms with Gasteiger partial charge in [-0.05, 0) is 36.6 Å². The molecular weight excluding hydrogens is 316 g/mol. The quantitative estimate of drug-likeness (QED) is 0.312. The maximum atomic E-state index is 6.33. The Labute approximate surface area is 136 Å². The number of hydrogen-bond donors (Lipinski definition) is 0. The van der Waals surface area contributed by atoms with E-state index in [1.807, 2.05) is 36.7 Å². The first-order chi connectivity index (χ1) is 10.8. The summed E-state index contributed by atoms with van der Waals surface area (Å²) in [5, 5.41) is 2.43. The molecule has 0 aliphatic rings. The number of nitrogens with zero attached hydrogens (tertiary/aromatic N) is 4. The largest absolute Gasteiger partial charge is 0.272 e. The zero-order valence-corrected chi connectivity index (χ0v) is 13.3. The van der Waals surface area contributed by atoms with Crippen LogP contribution in [0.25, 0.3) is 27.7 Å². The van der Waals surface area contributed by atoms with Crippen molar-refractivity contribution >= 4 is 39.9 Å². The maximum absolute atomic E-state index is 6.33. The molecule has 0 radical (unpaired) electrons. The lowest BCUT2D eigenvalue weighted by Gasteiger charge is -2.04. The van der Waals surface area contributed by atoms with Crippen molar-refractivity contribution in [3.8, 4) is 11.1 Å². The molecule has 0 unspecified atom stereocenters. The van der Waals surface area contributed by atoms with Gasteiger partial charge in [0.25, 0.3) is 0 Å². The Kier molecular flexibility index (Phi) is 3.24. The Morgan fingerprint density at radius 2 is 1.82 bits per heavy atom. The number of aromatic nitrogens is 4. The molecule has 4 aromatic heterocycles. The summed E-state index contributed by atoms with van der Waals surface area (Å²) in [5.41, 5.74) is 3.86. The number of pyridine rings is 2. The van der Waals surface area contributed by atoms with E-state index < -0.39 is 0 Å². The van der Waals surface area contributed by atoms with E-state index >= 15 is 0 Å². The van der Waals surface area contributed by atoms with E-state index in [9.17, 15) is 0 Å². The van der Waals surface area contributed by atoms with Crippen molar-refractivity contribution in [2.45, 2.75) is 5.16 Å². The Balaban J connectivity index is 2.24. The number of fused-ring (bicyclic) bond motifs is 3. The first-order valence-electron chi connectivity index (χ1n) is 6.70. The molecule has 0 aliphatic heterocycles. The standard InChI is InChI=1S/C16H11ClN4S/c1-22-16-20-9-6-12-13(10-4-2-7-18-14(10)17)11-5-3-8-19-15(11)21(12)16/h2-9H,1H3. The molecule has 22 heavy (non-hydrogen) atoms. The highest BCUT2D eigenvalue weighted by atomic mass is 35.5. The highest BCUT2D eigenvalue weighted by molar-refractivity contribution is 7.98. The van der Waals surface area contributed by atoms with Gasteiger partial charge in [0.05, 0.1) is 5.52 Å². The van der Waals surface area contributed by atoms with Crippen molar-refractivity contribution in [1.29, 1.82) is 0 Å². The van der Waals surface area contributed by atoms with Crippen LogP contribution in [0.1, 0.15) is 0 Å². The molecule has 4 nitrogen and oxygen atoms in total. The van der Waals surface area contributed by atoms with Gasteiger partial charge < -0.3 is 0 Å². The molecule has 0 saturated carbocycles. The molecule has 0 aromatic carbocycles. The topological polar surface area (TPSA) is 43.1 Å². The minimum atomic E-state index is 0.489. The Bertz CT molecular complexity index is 996. The zero-order chi connectivity index (χ0) is 15.1. The lowest BCUT2D eigenvalue weighted by molar-refractivity contribution is 0.923. The van der Waals surface area contributed by atoms with E-state index in [-0.39, 0.29) is 0 Å². The third kappa shape index (κ3) is 1.90. The van der Waals surface area contributed by atoms with Crippen LogP contribution in [0.3, 0.4) is 0 Å². The minimum Gasteiger partial charge on any atom is -0.272 e. The smallest absolute Gasteiger partial charge is 0.173 e. The molecule has 4 rings (SSSR count). The van der Waals surface area contributed by atoms with Gasteiger partial charge in [0, 0.05) is 35.1 Å². The van der Waals surface area contributed by atoms with Crippen LogP contribution in [0.4, 0.5) is 0 Å². The Morgan fingerprint density at radius 3 is 2.64 bits per heavy atom. The highest BCUT2D eigenvalue weighted by Gasteiger charge is 2.18. The van der Waals surface area contributed by atoms with E-state index in [4.69, 9.17) is 11.6 Å². The van der Waals surface area contributed by atoms with Gasteiger partial charge >= 0.3 is 0 Å². The first-order valence-corrected chi connectivity index (χ1v) is 8.30. The molecule has 0 aliphatic carbocycles. The molecule has 0 amide bonds. The van der Waals surface area contributed by atoms with Crippen molar-refractivity contribution in [1.82, 2.24) is 19.4 Å². The van der Waals surface area contributed by atoms with E-state index in [1.54, 1.807) is 24.2 Å². The Morgan fingerprint density at radius 1 is 1.00 bits per heavy atom. The molecule has 0 atom stereocenters. The average molecular weight is 327 g/mol. The van der Waals surface area contributed by atoms with Crippen molar-refractivity contribution in [2.24, 2.45) is 0 Å². The molecule has 108 valence electrons. The molecule has 0 bridgehead atoms. The summed E-state index contributed by atoms with van der Waals surface area (Å²) in [6.07, 6.45) is 7.31. The summed E-state index contributed by atoms with van der Waals surface area (Å²) < 4.78 is 2.07. The summed E-state index contributed by atoms with van der Waals surface area (Å²) in [6.45, 7) is 0. The lowest BCUT2D eigenvalue weighted by Crippen LogP contribution is -1.93. The van der Waals surface area contributed by atoms with E-state index in [1.165, 1.54) is 0 Å². The summed E-state index contributed by atoms with van der Waals surface area (Å²) in [7, 11) is 0. The van der Waals surface area contributed by atoms with Gasteiger partial charge in [-0.25, -0.2) is 15.0 Å². The number of hydrogen-bond acceptors (Lipinski definition) is 4. The van der Waals surface area contributed by atoms with Crippen LogP contribution in [0.2, 0.25) is 5.15 Å². The fraction of sp³-hybridized carbons (Fsp3) is 0.0625. The van der Waals surface area contributed by atoms with Crippen LogP contribution in [0, 0.1) is 0 Å². The molecular formula is C16H11ClN4S. The summed E-state index contributed by atoms with van der Waals surface area (Å²) in [6, 6.07) is 9.85. The number of halogens is 1. The third-order valence-corrected chi connectivity index (χ3v) is 4.54. The normalized spacial score (nSPS) is 11.4. The van der Waals surface area contributed by atoms with Crippen molar-refractivity contribution < 1.29 is 0 Å². The molecule has 6 heteroatoms. The predicted octanol–water partition coefficient (Wildman–Crippen LogP) is 4.32. The number of thioether (sulfide) groups is 1. The van der Waals surface area contributed by atoms with E-state index in [0.717, 1.165) is 32.8 Å². The minimum absolute atomic E-state index is 0.489. The SMILES string of the molecule is CSc1nccc2c(-c3cccnc3Cl)c3cccnc3n12. The van der Waals surface area contributed by atoms with Crippen molar-refractivity contribution in [3.05, 3.63) is 54.1 Å². The van der Waals surface area contributed by atoms with E-state index in [2.05, 4.69) is 25.4 Å². The predicted molar refractivity (Wildman–Crippen MR) is 90.5 cm³/mol. The summed E-state index contributed by atoms with van der Waals surface area (Å²) >= 11 is 7.92. The summed E-state index contributed by atoms with van der Waals surface area (Å²) in [4.78, 5) is 13.2. The van der Waals surface area contributed by atoms with Gasteiger partial charge in [-0.3, -0.25) is 4.40 Å². The third-order valence-electron chi connectivity index (χ3n) is 3.58. The molecule has 4 aromatic rings. The van der Waals surface area contributed by atoms with Gasteiger partial charge in [-0.2, -0.15) is 0 Å². The van der Waals surface area contributed by atoms with Crippen LogP contribution in [-0.2, 0) is 0 Å². The van der Waals surface area contributed by atoms with Crippen molar-refractivity contribution in [2.75, 3.05) is 6.26 Å². The van der Waals surface area contributed by atoms with Gasteiger partial charge in [0.15, 0.2) is 5.16 Å². The fourth-order valence-electron chi connectivity index (χ4n) is 2.71. The molecule has 4 heterocycles. The molecule has 0 fully saturated rings. The molecule has 0 saturated heterocycles. The van der Waals surface area contributed by atoms with Crippen LogP contribution in [0.15, 0.2) is 54.1 Å². The molecule has 0 spiro atoms. The van der Waals surface area contributed by atoms with Crippen LogP contribution in [-0.4, -0.2) is 25.6 Å². The lowest BCUT2D eigenvalue weighted by atomic mass is 10.1. The number of rotatable bonds is 2. The second-order valence-corrected chi connectivity index (χ2v) is 5.87. The van der Waals surface area contributed by atoms with Gasteiger partial charge in [-0.1, -0.05) is 23.4 Å². The van der Waals surface area contributed by atoms with Gasteiger partial charge in [-0.15, -0.1) is 0 Å². The zero-order valence-electron chi connectivity index (χ0n) is 11.7.